The van der Waals surface area contributed by atoms with Crippen molar-refractivity contribution in [3.05, 3.63) is 0 Å². The highest BCUT2D eigenvalue weighted by atomic mass is 16.6. The minimum Gasteiger partial charge on any atom is -0.444 e. The van der Waals surface area contributed by atoms with Gasteiger partial charge in [0, 0.05) is 12.1 Å². The standard InChI is InChI=1S/C20H38N2O2/c1-20(2,3)24-19(23)22-18-14-10-6-9-13-17(18)21-15-16-11-7-4-5-8-12-16/h16-18,21H,4-15H2,1-3H3,(H,22,23). The van der Waals surface area contributed by atoms with E-state index in [4.69, 9.17) is 4.74 Å². The van der Waals surface area contributed by atoms with Gasteiger partial charge in [-0.25, -0.2) is 4.79 Å². The topological polar surface area (TPSA) is 50.4 Å². The predicted molar refractivity (Wildman–Crippen MR) is 99.2 cm³/mol. The zero-order chi connectivity index (χ0) is 17.4. The first kappa shape index (κ1) is 19.6. The van der Waals surface area contributed by atoms with Crippen molar-refractivity contribution in [1.82, 2.24) is 10.6 Å². The fourth-order valence-corrected chi connectivity index (χ4v) is 4.07. The first-order valence-corrected chi connectivity index (χ1v) is 10.2. The highest BCUT2D eigenvalue weighted by Gasteiger charge is 2.27. The molecule has 2 fully saturated rings. The monoisotopic (exact) mass is 338 g/mol. The van der Waals surface area contributed by atoms with Gasteiger partial charge in [0.1, 0.15) is 5.60 Å². The van der Waals surface area contributed by atoms with Crippen LogP contribution in [0.4, 0.5) is 4.79 Å². The van der Waals surface area contributed by atoms with E-state index in [0.29, 0.717) is 6.04 Å². The lowest BCUT2D eigenvalue weighted by Crippen LogP contribution is -2.51. The van der Waals surface area contributed by atoms with Gasteiger partial charge < -0.3 is 15.4 Å². The van der Waals surface area contributed by atoms with E-state index in [9.17, 15) is 4.79 Å². The Morgan fingerprint density at radius 1 is 0.875 bits per heavy atom. The van der Waals surface area contributed by atoms with Gasteiger partial charge in [-0.1, -0.05) is 44.9 Å². The molecule has 0 heterocycles. The Hall–Kier alpha value is -0.770. The first-order valence-electron chi connectivity index (χ1n) is 10.2. The van der Waals surface area contributed by atoms with Crippen molar-refractivity contribution < 1.29 is 9.53 Å². The van der Waals surface area contributed by atoms with Gasteiger partial charge in [-0.2, -0.15) is 0 Å². The van der Waals surface area contributed by atoms with E-state index in [2.05, 4.69) is 10.6 Å². The molecule has 0 aromatic carbocycles. The van der Waals surface area contributed by atoms with Crippen LogP contribution in [0, 0.1) is 5.92 Å². The van der Waals surface area contributed by atoms with E-state index in [0.717, 1.165) is 25.3 Å². The van der Waals surface area contributed by atoms with Crippen molar-refractivity contribution in [2.24, 2.45) is 5.92 Å². The molecule has 24 heavy (non-hydrogen) atoms. The molecule has 0 aromatic heterocycles. The van der Waals surface area contributed by atoms with Crippen molar-refractivity contribution in [2.75, 3.05) is 6.54 Å². The third kappa shape index (κ3) is 7.42. The molecule has 2 saturated carbocycles. The number of ether oxygens (including phenoxy) is 1. The fraction of sp³-hybridized carbons (Fsp3) is 0.950. The summed E-state index contributed by atoms with van der Waals surface area (Å²) < 4.78 is 5.46. The van der Waals surface area contributed by atoms with E-state index < -0.39 is 5.60 Å². The molecule has 0 aliphatic heterocycles. The number of carbonyl (C=O) groups is 1. The lowest BCUT2D eigenvalue weighted by molar-refractivity contribution is 0.0489. The highest BCUT2D eigenvalue weighted by Crippen LogP contribution is 2.24. The predicted octanol–water partition coefficient (Wildman–Crippen LogP) is 4.77. The van der Waals surface area contributed by atoms with E-state index in [-0.39, 0.29) is 12.1 Å². The molecule has 0 bridgehead atoms. The van der Waals surface area contributed by atoms with Gasteiger partial charge >= 0.3 is 6.09 Å². The number of rotatable bonds is 4. The van der Waals surface area contributed by atoms with Crippen LogP contribution in [-0.4, -0.2) is 30.3 Å². The molecule has 2 N–H and O–H groups in total. The van der Waals surface area contributed by atoms with Crippen LogP contribution in [0.5, 0.6) is 0 Å². The first-order chi connectivity index (χ1) is 11.4. The van der Waals surface area contributed by atoms with Crippen LogP contribution < -0.4 is 10.6 Å². The van der Waals surface area contributed by atoms with Gasteiger partial charge in [0.15, 0.2) is 0 Å². The van der Waals surface area contributed by atoms with Crippen LogP contribution in [0.1, 0.15) is 91.4 Å². The van der Waals surface area contributed by atoms with Crippen molar-refractivity contribution in [2.45, 2.75) is 109 Å². The molecule has 0 aromatic rings. The Morgan fingerprint density at radius 2 is 1.42 bits per heavy atom. The Balaban J connectivity index is 1.84. The molecular weight excluding hydrogens is 300 g/mol. The number of carbonyl (C=O) groups excluding carboxylic acids is 1. The van der Waals surface area contributed by atoms with Gasteiger partial charge in [0.25, 0.3) is 0 Å². The zero-order valence-corrected chi connectivity index (χ0v) is 16.0. The fourth-order valence-electron chi connectivity index (χ4n) is 4.07. The van der Waals surface area contributed by atoms with Crippen molar-refractivity contribution >= 4 is 6.09 Å². The Morgan fingerprint density at radius 3 is 2.04 bits per heavy atom. The molecule has 2 atom stereocenters. The Bertz CT molecular complexity index is 370. The van der Waals surface area contributed by atoms with Gasteiger partial charge in [-0.15, -0.1) is 0 Å². The maximum atomic E-state index is 12.2. The summed E-state index contributed by atoms with van der Waals surface area (Å²) >= 11 is 0. The second kappa shape index (κ2) is 9.65. The minimum atomic E-state index is -0.432. The second-order valence-corrected chi connectivity index (χ2v) is 8.76. The zero-order valence-electron chi connectivity index (χ0n) is 16.0. The summed E-state index contributed by atoms with van der Waals surface area (Å²) in [6.07, 6.45) is 14.0. The maximum Gasteiger partial charge on any atom is 0.407 e. The second-order valence-electron chi connectivity index (χ2n) is 8.76. The summed E-state index contributed by atoms with van der Waals surface area (Å²) in [6, 6.07) is 0.594. The van der Waals surface area contributed by atoms with Crippen molar-refractivity contribution in [3.8, 4) is 0 Å². The van der Waals surface area contributed by atoms with Crippen molar-refractivity contribution in [1.29, 1.82) is 0 Å². The largest absolute Gasteiger partial charge is 0.444 e. The van der Waals surface area contributed by atoms with Gasteiger partial charge in [0.05, 0.1) is 0 Å². The maximum absolute atomic E-state index is 12.2. The molecule has 4 nitrogen and oxygen atoms in total. The third-order valence-electron chi connectivity index (χ3n) is 5.36. The average Bonchev–Trinajstić information content (AvgIpc) is 2.86. The van der Waals surface area contributed by atoms with E-state index in [1.807, 2.05) is 20.8 Å². The Labute approximate surface area is 148 Å². The molecule has 2 aliphatic carbocycles. The molecule has 0 saturated heterocycles. The molecule has 4 heteroatoms. The van der Waals surface area contributed by atoms with Gasteiger partial charge in [0.2, 0.25) is 0 Å². The number of hydrogen-bond donors (Lipinski definition) is 2. The molecule has 140 valence electrons. The summed E-state index contributed by atoms with van der Waals surface area (Å²) in [5.41, 5.74) is -0.432. The average molecular weight is 339 g/mol. The summed E-state index contributed by atoms with van der Waals surface area (Å²) in [5.74, 6) is 0.818. The third-order valence-corrected chi connectivity index (χ3v) is 5.36. The van der Waals surface area contributed by atoms with Crippen LogP contribution in [0.15, 0.2) is 0 Å². The molecule has 2 aliphatic rings. The lowest BCUT2D eigenvalue weighted by Gasteiger charge is -2.30. The van der Waals surface area contributed by atoms with Crippen LogP contribution in [0.3, 0.4) is 0 Å². The molecule has 0 spiro atoms. The van der Waals surface area contributed by atoms with E-state index >= 15 is 0 Å². The van der Waals surface area contributed by atoms with Crippen LogP contribution >= 0.6 is 0 Å². The molecular formula is C20H38N2O2. The summed E-state index contributed by atoms with van der Waals surface area (Å²) in [6.45, 7) is 6.86. The van der Waals surface area contributed by atoms with E-state index in [1.165, 1.54) is 57.8 Å². The molecule has 1 amide bonds. The van der Waals surface area contributed by atoms with Crippen LogP contribution in [-0.2, 0) is 4.74 Å². The minimum absolute atomic E-state index is 0.202. The lowest BCUT2D eigenvalue weighted by atomic mass is 9.98. The SMILES string of the molecule is CC(C)(C)OC(=O)NC1CCCCCC1NCC1CCCCCC1. The molecule has 0 radical (unpaired) electrons. The molecule has 2 unspecified atom stereocenters. The summed E-state index contributed by atoms with van der Waals surface area (Å²) in [7, 11) is 0. The Kier molecular flexibility index (Phi) is 7.86. The molecule has 2 rings (SSSR count). The van der Waals surface area contributed by atoms with E-state index in [1.54, 1.807) is 0 Å². The van der Waals surface area contributed by atoms with Gasteiger partial charge in [-0.05, 0) is 58.9 Å². The quantitative estimate of drug-likeness (QED) is 0.726. The summed E-state index contributed by atoms with van der Waals surface area (Å²) in [4.78, 5) is 12.2. The van der Waals surface area contributed by atoms with Crippen LogP contribution in [0.2, 0.25) is 0 Å². The smallest absolute Gasteiger partial charge is 0.407 e. The number of alkyl carbamates (subject to hydrolysis) is 1. The van der Waals surface area contributed by atoms with Crippen LogP contribution in [0.25, 0.3) is 0 Å². The normalized spacial score (nSPS) is 27.1. The highest BCUT2D eigenvalue weighted by molar-refractivity contribution is 5.68. The number of hydrogen-bond acceptors (Lipinski definition) is 3. The number of amides is 1. The summed E-state index contributed by atoms with van der Waals surface area (Å²) in [5, 5.41) is 6.95. The number of nitrogens with one attached hydrogen (secondary N) is 2. The van der Waals surface area contributed by atoms with Gasteiger partial charge in [-0.3, -0.25) is 0 Å². The van der Waals surface area contributed by atoms with Crippen molar-refractivity contribution in [3.63, 3.8) is 0 Å².